The van der Waals surface area contributed by atoms with Gasteiger partial charge in [-0.3, -0.25) is 0 Å². The van der Waals surface area contributed by atoms with Gasteiger partial charge >= 0.3 is 0 Å². The molecule has 0 saturated carbocycles. The molecule has 0 spiro atoms. The molecular formula is C14H18N4O6. The van der Waals surface area contributed by atoms with Crippen molar-refractivity contribution >= 4 is 5.96 Å². The summed E-state index contributed by atoms with van der Waals surface area (Å²) in [4.78, 5) is 1.67. The standard InChI is InChI=1S/C14H18N4O6/c1-21-13-11-10(17(11)14(15)16-18(19)20)12-9(24-13)6-22-7-4-2-3-5-8(7)23-12/h2-5,9-13,19-20H,6H2,1H3,(H2,15,16). The Bertz CT molecular complexity index is 656. The van der Waals surface area contributed by atoms with E-state index >= 15 is 0 Å². The van der Waals surface area contributed by atoms with Gasteiger partial charge in [0.1, 0.15) is 18.8 Å². The molecular weight excluding hydrogens is 320 g/mol. The highest BCUT2D eigenvalue weighted by molar-refractivity contribution is 5.81. The molecule has 5 atom stereocenters. The van der Waals surface area contributed by atoms with Crippen LogP contribution >= 0.6 is 0 Å². The molecule has 3 aliphatic rings. The summed E-state index contributed by atoms with van der Waals surface area (Å²) in [6.45, 7) is 0.307. The SMILES string of the molecule is COC1OC2COc3ccccc3OC2C2C1N2C(N)=NN(O)O. The number of methoxy groups -OCH3 is 1. The lowest BCUT2D eigenvalue weighted by molar-refractivity contribution is -0.308. The summed E-state index contributed by atoms with van der Waals surface area (Å²) in [6, 6.07) is 6.97. The van der Waals surface area contributed by atoms with E-state index in [9.17, 15) is 0 Å². The van der Waals surface area contributed by atoms with Gasteiger partial charge in [-0.25, -0.2) is 10.4 Å². The minimum absolute atomic E-state index is 0.0663. The topological polar surface area (TPSA) is 122 Å². The van der Waals surface area contributed by atoms with Crippen LogP contribution in [0.25, 0.3) is 0 Å². The third-order valence-electron chi connectivity index (χ3n) is 4.40. The normalized spacial score (nSPS) is 34.0. The second kappa shape index (κ2) is 5.67. The van der Waals surface area contributed by atoms with E-state index in [1.807, 2.05) is 24.3 Å². The van der Waals surface area contributed by atoms with E-state index in [0.717, 1.165) is 0 Å². The van der Waals surface area contributed by atoms with Crippen LogP contribution in [0, 0.1) is 0 Å². The lowest BCUT2D eigenvalue weighted by Crippen LogP contribution is -2.50. The van der Waals surface area contributed by atoms with Crippen LogP contribution in [-0.2, 0) is 9.47 Å². The van der Waals surface area contributed by atoms with Gasteiger partial charge < -0.3 is 29.6 Å². The van der Waals surface area contributed by atoms with Crippen molar-refractivity contribution in [1.82, 2.24) is 10.2 Å². The van der Waals surface area contributed by atoms with Gasteiger partial charge in [0, 0.05) is 7.11 Å². The number of nitrogens with two attached hydrogens (primary N) is 1. The predicted molar refractivity (Wildman–Crippen MR) is 78.5 cm³/mol. The first-order valence-electron chi connectivity index (χ1n) is 7.47. The Kier molecular flexibility index (Phi) is 3.61. The molecule has 0 aromatic heterocycles. The van der Waals surface area contributed by atoms with Gasteiger partial charge in [0.2, 0.25) is 5.96 Å². The van der Waals surface area contributed by atoms with Crippen molar-refractivity contribution in [2.24, 2.45) is 10.8 Å². The molecule has 2 saturated heterocycles. The molecule has 4 N–H and O–H groups in total. The van der Waals surface area contributed by atoms with E-state index in [1.54, 1.807) is 4.90 Å². The number of ether oxygens (including phenoxy) is 4. The van der Waals surface area contributed by atoms with Crippen LogP contribution in [0.15, 0.2) is 29.4 Å². The van der Waals surface area contributed by atoms with Crippen molar-refractivity contribution in [2.45, 2.75) is 30.6 Å². The molecule has 3 heterocycles. The molecule has 5 unspecified atom stereocenters. The third kappa shape index (κ3) is 2.40. The summed E-state index contributed by atoms with van der Waals surface area (Å²) in [5.74, 6) is 1.20. The molecule has 24 heavy (non-hydrogen) atoms. The second-order valence-corrected chi connectivity index (χ2v) is 5.73. The molecule has 10 heteroatoms. The molecule has 1 aromatic rings. The van der Waals surface area contributed by atoms with E-state index in [1.165, 1.54) is 7.11 Å². The van der Waals surface area contributed by atoms with Crippen LogP contribution in [0.2, 0.25) is 0 Å². The molecule has 1 aromatic carbocycles. The van der Waals surface area contributed by atoms with Crippen LogP contribution in [0.4, 0.5) is 0 Å². The maximum atomic E-state index is 8.84. The highest BCUT2D eigenvalue weighted by atomic mass is 16.8. The minimum atomic E-state index is -0.552. The van der Waals surface area contributed by atoms with Crippen molar-refractivity contribution in [2.75, 3.05) is 13.7 Å². The Hall–Kier alpha value is -2.27. The zero-order chi connectivity index (χ0) is 16.8. The molecule has 3 aliphatic heterocycles. The first kappa shape index (κ1) is 15.3. The summed E-state index contributed by atoms with van der Waals surface area (Å²) in [7, 11) is 1.53. The number of hydrazone groups is 1. The van der Waals surface area contributed by atoms with Gasteiger partial charge in [0.25, 0.3) is 0 Å². The fraction of sp³-hybridized carbons (Fsp3) is 0.500. The Morgan fingerprint density at radius 1 is 1.33 bits per heavy atom. The summed E-state index contributed by atoms with van der Waals surface area (Å²) < 4.78 is 23.2. The highest BCUT2D eigenvalue weighted by Crippen LogP contribution is 2.45. The first-order valence-corrected chi connectivity index (χ1v) is 7.47. The number of hydrogen-bond acceptors (Lipinski definition) is 8. The fourth-order valence-electron chi connectivity index (χ4n) is 3.37. The van der Waals surface area contributed by atoms with Crippen LogP contribution in [0.3, 0.4) is 0 Å². The molecule has 0 bridgehead atoms. The van der Waals surface area contributed by atoms with Gasteiger partial charge in [-0.2, -0.15) is 0 Å². The van der Waals surface area contributed by atoms with E-state index in [4.69, 9.17) is 35.1 Å². The number of fused-ring (bicyclic) bond motifs is 4. The monoisotopic (exact) mass is 338 g/mol. The maximum absolute atomic E-state index is 8.84. The van der Waals surface area contributed by atoms with Crippen LogP contribution < -0.4 is 15.2 Å². The van der Waals surface area contributed by atoms with Gasteiger partial charge in [-0.1, -0.05) is 17.2 Å². The maximum Gasteiger partial charge on any atom is 0.220 e. The quantitative estimate of drug-likeness (QED) is 0.285. The lowest BCUT2D eigenvalue weighted by atomic mass is 10.1. The number of rotatable bonds is 2. The Morgan fingerprint density at radius 2 is 2.08 bits per heavy atom. The summed E-state index contributed by atoms with van der Waals surface area (Å²) in [5.41, 5.74) is 5.83. The van der Waals surface area contributed by atoms with Gasteiger partial charge in [-0.05, 0) is 17.5 Å². The number of guanidine groups is 1. The number of hydrogen-bond donors (Lipinski definition) is 3. The molecule has 2 fully saturated rings. The second-order valence-electron chi connectivity index (χ2n) is 5.73. The van der Waals surface area contributed by atoms with Gasteiger partial charge in [0.05, 0.1) is 6.04 Å². The van der Waals surface area contributed by atoms with Crippen molar-refractivity contribution in [3.8, 4) is 11.5 Å². The van der Waals surface area contributed by atoms with Crippen LogP contribution in [0.5, 0.6) is 11.5 Å². The van der Waals surface area contributed by atoms with Gasteiger partial charge in [-0.15, -0.1) is 0 Å². The summed E-state index contributed by atoms with van der Waals surface area (Å²) in [6.07, 6.45) is -1.27. The van der Waals surface area contributed by atoms with E-state index in [-0.39, 0.29) is 35.6 Å². The Balaban J connectivity index is 1.63. The smallest absolute Gasteiger partial charge is 0.220 e. The zero-order valence-corrected chi connectivity index (χ0v) is 12.8. The molecule has 10 nitrogen and oxygen atoms in total. The van der Waals surface area contributed by atoms with Crippen molar-refractivity contribution < 1.29 is 29.4 Å². The highest BCUT2D eigenvalue weighted by Gasteiger charge is 2.65. The van der Waals surface area contributed by atoms with E-state index < -0.39 is 6.29 Å². The largest absolute Gasteiger partial charge is 0.487 e. The number of benzene rings is 1. The average molecular weight is 338 g/mol. The Morgan fingerprint density at radius 3 is 2.79 bits per heavy atom. The zero-order valence-electron chi connectivity index (χ0n) is 12.8. The fourth-order valence-corrected chi connectivity index (χ4v) is 3.37. The van der Waals surface area contributed by atoms with E-state index in [2.05, 4.69) is 5.10 Å². The van der Waals surface area contributed by atoms with Crippen LogP contribution in [0.1, 0.15) is 0 Å². The minimum Gasteiger partial charge on any atom is -0.487 e. The Labute approximate surface area is 137 Å². The van der Waals surface area contributed by atoms with Crippen molar-refractivity contribution in [3.63, 3.8) is 0 Å². The molecule has 130 valence electrons. The first-order chi connectivity index (χ1) is 11.6. The molecule has 0 aliphatic carbocycles. The lowest BCUT2D eigenvalue weighted by Gasteiger charge is -2.31. The number of nitrogens with zero attached hydrogens (tertiary/aromatic N) is 3. The molecule has 0 radical (unpaired) electrons. The third-order valence-corrected chi connectivity index (χ3v) is 4.40. The number of para-hydroxylation sites is 2. The predicted octanol–water partition coefficient (Wildman–Crippen LogP) is -0.439. The van der Waals surface area contributed by atoms with Crippen LogP contribution in [-0.4, -0.2) is 70.9 Å². The molecule has 4 rings (SSSR count). The van der Waals surface area contributed by atoms with Crippen molar-refractivity contribution in [3.05, 3.63) is 24.3 Å². The summed E-state index contributed by atoms with van der Waals surface area (Å²) in [5, 5.41) is 20.8. The van der Waals surface area contributed by atoms with Gasteiger partial charge in [0.15, 0.2) is 23.9 Å². The molecule has 0 amide bonds. The average Bonchev–Trinajstić information content (AvgIpc) is 3.31. The summed E-state index contributed by atoms with van der Waals surface area (Å²) >= 11 is 0. The van der Waals surface area contributed by atoms with E-state index in [0.29, 0.717) is 18.1 Å². The van der Waals surface area contributed by atoms with Crippen molar-refractivity contribution in [1.29, 1.82) is 0 Å².